The molecule has 1 unspecified atom stereocenters. The van der Waals surface area contributed by atoms with Crippen LogP contribution in [0.15, 0.2) is 60.7 Å². The summed E-state index contributed by atoms with van der Waals surface area (Å²) in [5.74, 6) is 0.0313. The number of hydrogen-bond donors (Lipinski definition) is 1. The third-order valence-corrected chi connectivity index (χ3v) is 6.75. The average molecular weight is 469 g/mol. The Hall–Kier alpha value is -1.70. The van der Waals surface area contributed by atoms with Crippen molar-refractivity contribution in [2.45, 2.75) is 77.1 Å². The van der Waals surface area contributed by atoms with E-state index in [1.54, 1.807) is 20.8 Å². The van der Waals surface area contributed by atoms with Crippen molar-refractivity contribution < 1.29 is 17.4 Å². The maximum Gasteiger partial charge on any atom is 0.406 e. The summed E-state index contributed by atoms with van der Waals surface area (Å²) < 4.78 is 57.5. The Labute approximate surface area is 193 Å². The van der Waals surface area contributed by atoms with Gasteiger partial charge >= 0.3 is 6.18 Å². The van der Waals surface area contributed by atoms with Crippen LogP contribution in [0.4, 0.5) is 13.2 Å². The Balaban J connectivity index is 2.49. The van der Waals surface area contributed by atoms with Gasteiger partial charge in [0.25, 0.3) is 0 Å². The van der Waals surface area contributed by atoms with Crippen LogP contribution in [0.1, 0.15) is 52.2 Å². The summed E-state index contributed by atoms with van der Waals surface area (Å²) >= 11 is 0. The lowest BCUT2D eigenvalue weighted by molar-refractivity contribution is -0.168. The number of hydrogen-bond acceptors (Lipinski definition) is 2. The fourth-order valence-electron chi connectivity index (χ4n) is 3.56. The van der Waals surface area contributed by atoms with Gasteiger partial charge in [-0.05, 0) is 44.2 Å². The molecule has 3 atom stereocenters. The highest BCUT2D eigenvalue weighted by molar-refractivity contribution is 7.84. The second-order valence-electron chi connectivity index (χ2n) is 9.59. The number of alkyl halides is 3. The third kappa shape index (κ3) is 8.34. The molecule has 0 heterocycles. The highest BCUT2D eigenvalue weighted by Crippen LogP contribution is 2.31. The maximum atomic E-state index is 14.4. The van der Waals surface area contributed by atoms with Crippen molar-refractivity contribution in [2.24, 2.45) is 5.92 Å². The maximum absolute atomic E-state index is 14.4. The van der Waals surface area contributed by atoms with E-state index in [0.29, 0.717) is 19.5 Å². The molecule has 1 N–H and O–H groups in total. The number of halogens is 3. The second-order valence-corrected chi connectivity index (χ2v) is 11.6. The molecule has 0 saturated carbocycles. The van der Waals surface area contributed by atoms with Crippen molar-refractivity contribution in [2.75, 3.05) is 0 Å². The Kier molecular flexibility index (Phi) is 9.49. The number of nitrogens with one attached hydrogen (secondary N) is 1. The lowest BCUT2D eigenvalue weighted by atomic mass is 9.94. The second kappa shape index (κ2) is 11.4. The van der Waals surface area contributed by atoms with Crippen LogP contribution in [0.3, 0.4) is 0 Å². The summed E-state index contributed by atoms with van der Waals surface area (Å²) in [5.41, 5.74) is 1.88. The average Bonchev–Trinajstić information content (AvgIpc) is 2.69. The van der Waals surface area contributed by atoms with E-state index < -0.39 is 34.0 Å². The topological polar surface area (TPSA) is 32.3 Å². The SMILES string of the molecule is CC(C)C[C@@H]([C@@H](NS(=O)C(C)(C)C)C(F)(F)F)N(Cc1ccccc1)Cc1ccccc1. The van der Waals surface area contributed by atoms with Crippen molar-refractivity contribution in [1.29, 1.82) is 0 Å². The van der Waals surface area contributed by atoms with E-state index in [1.807, 2.05) is 79.4 Å². The van der Waals surface area contributed by atoms with Crippen LogP contribution in [-0.4, -0.2) is 32.1 Å². The molecule has 0 spiro atoms. The van der Waals surface area contributed by atoms with Gasteiger partial charge in [-0.3, -0.25) is 4.90 Å². The zero-order valence-corrected chi connectivity index (χ0v) is 20.3. The van der Waals surface area contributed by atoms with Crippen molar-refractivity contribution in [3.63, 3.8) is 0 Å². The van der Waals surface area contributed by atoms with E-state index in [1.165, 1.54) is 0 Å². The van der Waals surface area contributed by atoms with Crippen molar-refractivity contribution in [3.8, 4) is 0 Å². The molecule has 0 aliphatic rings. The molecule has 0 aliphatic carbocycles. The molecule has 2 aromatic carbocycles. The van der Waals surface area contributed by atoms with Crippen LogP contribution in [0.25, 0.3) is 0 Å². The summed E-state index contributed by atoms with van der Waals surface area (Å²) in [4.78, 5) is 1.87. The molecule has 7 heteroatoms. The molecule has 2 aromatic rings. The zero-order chi connectivity index (χ0) is 23.9. The highest BCUT2D eigenvalue weighted by Gasteiger charge is 2.48. The van der Waals surface area contributed by atoms with E-state index in [4.69, 9.17) is 0 Å². The summed E-state index contributed by atoms with van der Waals surface area (Å²) in [6.45, 7) is 9.59. The Morgan fingerprint density at radius 2 is 1.31 bits per heavy atom. The van der Waals surface area contributed by atoms with Crippen molar-refractivity contribution >= 4 is 11.0 Å². The van der Waals surface area contributed by atoms with Crippen LogP contribution < -0.4 is 4.72 Å². The lowest BCUT2D eigenvalue weighted by Crippen LogP contribution is -2.59. The Morgan fingerprint density at radius 3 is 1.66 bits per heavy atom. The molecule has 0 aliphatic heterocycles. The Bertz CT molecular complexity index is 794. The van der Waals surface area contributed by atoms with Gasteiger partial charge in [0.1, 0.15) is 6.04 Å². The van der Waals surface area contributed by atoms with Crippen LogP contribution in [0.5, 0.6) is 0 Å². The molecule has 0 radical (unpaired) electrons. The number of nitrogens with zero attached hydrogens (tertiary/aromatic N) is 1. The van der Waals surface area contributed by atoms with Gasteiger partial charge in [0, 0.05) is 19.1 Å². The molecule has 0 fully saturated rings. The van der Waals surface area contributed by atoms with Crippen LogP contribution in [0, 0.1) is 5.92 Å². The molecule has 2 rings (SSSR count). The zero-order valence-electron chi connectivity index (χ0n) is 19.5. The van der Waals surface area contributed by atoms with Crippen LogP contribution in [-0.2, 0) is 24.1 Å². The summed E-state index contributed by atoms with van der Waals surface area (Å²) in [7, 11) is -1.86. The van der Waals surface area contributed by atoms with Crippen LogP contribution >= 0.6 is 0 Å². The highest BCUT2D eigenvalue weighted by atomic mass is 32.2. The minimum atomic E-state index is -4.55. The van der Waals surface area contributed by atoms with Gasteiger partial charge in [0.2, 0.25) is 0 Å². The smallest absolute Gasteiger partial charge is 0.290 e. The van der Waals surface area contributed by atoms with Gasteiger partial charge in [0.05, 0.1) is 15.7 Å². The fourth-order valence-corrected chi connectivity index (χ4v) is 4.44. The number of benzene rings is 2. The quantitative estimate of drug-likeness (QED) is 0.458. The third-order valence-electron chi connectivity index (χ3n) is 5.17. The molecule has 0 aromatic heterocycles. The first-order valence-corrected chi connectivity index (χ1v) is 12.1. The van der Waals surface area contributed by atoms with Crippen LogP contribution in [0.2, 0.25) is 0 Å². The van der Waals surface area contributed by atoms with Gasteiger partial charge < -0.3 is 0 Å². The van der Waals surface area contributed by atoms with E-state index in [9.17, 15) is 17.4 Å². The molecule has 0 bridgehead atoms. The molecule has 0 amide bonds. The largest absolute Gasteiger partial charge is 0.406 e. The molecule has 178 valence electrons. The van der Waals surface area contributed by atoms with Crippen molar-refractivity contribution in [1.82, 2.24) is 9.62 Å². The molecule has 0 saturated heterocycles. The molecule has 32 heavy (non-hydrogen) atoms. The predicted molar refractivity (Wildman–Crippen MR) is 126 cm³/mol. The van der Waals surface area contributed by atoms with E-state index in [2.05, 4.69) is 4.72 Å². The molecular formula is C25H35F3N2OS. The van der Waals surface area contributed by atoms with E-state index in [0.717, 1.165) is 11.1 Å². The summed E-state index contributed by atoms with van der Waals surface area (Å²) in [6.07, 6.45) is -4.23. The van der Waals surface area contributed by atoms with Gasteiger partial charge in [-0.25, -0.2) is 8.93 Å². The van der Waals surface area contributed by atoms with Gasteiger partial charge in [-0.1, -0.05) is 74.5 Å². The monoisotopic (exact) mass is 468 g/mol. The molecule has 3 nitrogen and oxygen atoms in total. The van der Waals surface area contributed by atoms with E-state index >= 15 is 0 Å². The predicted octanol–water partition coefficient (Wildman–Crippen LogP) is 6.09. The minimum Gasteiger partial charge on any atom is -0.290 e. The van der Waals surface area contributed by atoms with Gasteiger partial charge in [-0.2, -0.15) is 13.2 Å². The van der Waals surface area contributed by atoms with Crippen molar-refractivity contribution in [3.05, 3.63) is 71.8 Å². The van der Waals surface area contributed by atoms with Gasteiger partial charge in [-0.15, -0.1) is 0 Å². The standard InChI is InChI=1S/C25H35F3N2OS/c1-19(2)16-22(23(25(26,27)28)29-32(31)24(3,4)5)30(17-20-12-8-6-9-13-20)18-21-14-10-7-11-15-21/h6-15,19,22-23,29H,16-18H2,1-5H3/t22-,23+,32?/m0/s1. The van der Waals surface area contributed by atoms with E-state index in [-0.39, 0.29) is 5.92 Å². The first-order chi connectivity index (χ1) is 14.9. The Morgan fingerprint density at radius 1 is 0.875 bits per heavy atom. The normalized spacial score (nSPS) is 15.7. The first kappa shape index (κ1) is 26.6. The first-order valence-electron chi connectivity index (χ1n) is 10.9. The summed E-state index contributed by atoms with van der Waals surface area (Å²) in [5, 5.41) is 0. The lowest BCUT2D eigenvalue weighted by Gasteiger charge is -2.40. The minimum absolute atomic E-state index is 0.0313. The number of rotatable bonds is 10. The fraction of sp³-hybridized carbons (Fsp3) is 0.520. The summed E-state index contributed by atoms with van der Waals surface area (Å²) in [6, 6.07) is 16.2. The molecular weight excluding hydrogens is 433 g/mol. The van der Waals surface area contributed by atoms with Gasteiger partial charge in [0.15, 0.2) is 0 Å².